The Balaban J connectivity index is 0.00000144. The van der Waals surface area contributed by atoms with Crippen molar-refractivity contribution in [2.75, 3.05) is 0 Å². The van der Waals surface area contributed by atoms with Gasteiger partial charge in [-0.15, -0.1) is 12.4 Å². The maximum absolute atomic E-state index is 12.0. The van der Waals surface area contributed by atoms with Gasteiger partial charge in [0, 0.05) is 0 Å². The molecule has 1 aliphatic carbocycles. The summed E-state index contributed by atoms with van der Waals surface area (Å²) >= 11 is 0. The number of nitrogens with two attached hydrogens (primary N) is 1. The summed E-state index contributed by atoms with van der Waals surface area (Å²) in [7, 11) is 0. The van der Waals surface area contributed by atoms with Gasteiger partial charge in [0.1, 0.15) is 6.10 Å². The topological polar surface area (TPSA) is 52.3 Å². The zero-order valence-electron chi connectivity index (χ0n) is 10.1. The molecule has 2 rings (SSSR count). The van der Waals surface area contributed by atoms with E-state index in [1.54, 1.807) is 0 Å². The minimum Gasteiger partial charge on any atom is -0.363 e. The fourth-order valence-electron chi connectivity index (χ4n) is 2.07. The highest BCUT2D eigenvalue weighted by molar-refractivity contribution is 5.91. The summed E-state index contributed by atoms with van der Waals surface area (Å²) in [6.45, 7) is 3.85. The van der Waals surface area contributed by atoms with Crippen LogP contribution >= 0.6 is 12.4 Å². The first-order chi connectivity index (χ1) is 7.59. The minimum absolute atomic E-state index is 0. The highest BCUT2D eigenvalue weighted by atomic mass is 35.5. The number of Topliss-reactive ketones (excluding diaryl/α,β-unsaturated/α-hetero) is 1. The second-order valence-corrected chi connectivity index (χ2v) is 4.48. The van der Waals surface area contributed by atoms with Gasteiger partial charge in [-0.25, -0.2) is 0 Å². The Bertz CT molecular complexity index is 406. The smallest absolute Gasteiger partial charge is 0.183 e. The first kappa shape index (κ1) is 14.2. The fraction of sp³-hybridized carbons (Fsp3) is 0.462. The van der Waals surface area contributed by atoms with E-state index in [0.717, 1.165) is 11.1 Å². The van der Waals surface area contributed by atoms with E-state index < -0.39 is 12.1 Å². The van der Waals surface area contributed by atoms with Crippen LogP contribution in [0.25, 0.3) is 0 Å². The summed E-state index contributed by atoms with van der Waals surface area (Å²) in [6, 6.07) is 7.43. The Labute approximate surface area is 108 Å². The van der Waals surface area contributed by atoms with Gasteiger partial charge in [0.05, 0.1) is 12.1 Å². The number of rotatable bonds is 2. The van der Waals surface area contributed by atoms with E-state index in [1.807, 2.05) is 38.1 Å². The van der Waals surface area contributed by atoms with Crippen molar-refractivity contribution >= 4 is 18.2 Å². The lowest BCUT2D eigenvalue weighted by molar-refractivity contribution is -0.136. The highest BCUT2D eigenvalue weighted by Gasteiger charge is 2.33. The second kappa shape index (κ2) is 5.63. The molecule has 2 N–H and O–H groups in total. The molecule has 0 saturated heterocycles. The summed E-state index contributed by atoms with van der Waals surface area (Å²) < 4.78 is 5.67. The number of ether oxygens (including phenoxy) is 1. The molecule has 4 heteroatoms. The van der Waals surface area contributed by atoms with Gasteiger partial charge in [-0.2, -0.15) is 0 Å². The molecule has 3 nitrogen and oxygen atoms in total. The van der Waals surface area contributed by atoms with Gasteiger partial charge in [-0.1, -0.05) is 24.3 Å². The van der Waals surface area contributed by atoms with Crippen molar-refractivity contribution in [1.29, 1.82) is 0 Å². The van der Waals surface area contributed by atoms with Crippen molar-refractivity contribution in [3.8, 4) is 0 Å². The molecule has 1 aromatic carbocycles. The number of hydrogen-bond donors (Lipinski definition) is 1. The number of halogens is 1. The molecular formula is C13H18ClNO2. The molecule has 0 bridgehead atoms. The molecule has 0 saturated carbocycles. The summed E-state index contributed by atoms with van der Waals surface area (Å²) in [5.41, 5.74) is 7.93. The normalized spacial score (nSPS) is 23.2. The van der Waals surface area contributed by atoms with Crippen LogP contribution in [0.1, 0.15) is 31.1 Å². The van der Waals surface area contributed by atoms with Crippen LogP contribution in [-0.2, 0) is 16.0 Å². The van der Waals surface area contributed by atoms with Crippen LogP contribution in [0, 0.1) is 0 Å². The molecule has 0 heterocycles. The average molecular weight is 256 g/mol. The van der Waals surface area contributed by atoms with Crippen LogP contribution in [0.4, 0.5) is 0 Å². The number of carbonyl (C=O) groups excluding carboxylic acids is 1. The maximum atomic E-state index is 12.0. The Morgan fingerprint density at radius 2 is 2.00 bits per heavy atom. The van der Waals surface area contributed by atoms with Crippen molar-refractivity contribution < 1.29 is 9.53 Å². The average Bonchev–Trinajstić information content (AvgIpc) is 2.24. The van der Waals surface area contributed by atoms with Crippen molar-refractivity contribution in [3.05, 3.63) is 35.4 Å². The molecule has 0 fully saturated rings. The lowest BCUT2D eigenvalue weighted by Crippen LogP contribution is -2.42. The number of benzene rings is 1. The van der Waals surface area contributed by atoms with Crippen molar-refractivity contribution in [2.45, 2.75) is 38.5 Å². The number of carbonyl (C=O) groups is 1. The second-order valence-electron chi connectivity index (χ2n) is 4.48. The van der Waals surface area contributed by atoms with Crippen LogP contribution in [-0.4, -0.2) is 17.9 Å². The lowest BCUT2D eigenvalue weighted by Gasteiger charge is -2.29. The van der Waals surface area contributed by atoms with Gasteiger partial charge in [0.25, 0.3) is 0 Å². The third-order valence-corrected chi connectivity index (χ3v) is 2.81. The third kappa shape index (κ3) is 2.86. The maximum Gasteiger partial charge on any atom is 0.183 e. The summed E-state index contributed by atoms with van der Waals surface area (Å²) in [5, 5.41) is 0. The third-order valence-electron chi connectivity index (χ3n) is 2.81. The van der Waals surface area contributed by atoms with E-state index in [1.165, 1.54) is 0 Å². The van der Waals surface area contributed by atoms with Gasteiger partial charge in [0.2, 0.25) is 0 Å². The van der Waals surface area contributed by atoms with Crippen molar-refractivity contribution in [2.24, 2.45) is 5.73 Å². The Morgan fingerprint density at radius 1 is 1.35 bits per heavy atom. The molecule has 1 aliphatic rings. The summed E-state index contributed by atoms with van der Waals surface area (Å²) in [6.07, 6.45) is 0.153. The van der Waals surface area contributed by atoms with E-state index in [4.69, 9.17) is 10.5 Å². The zero-order valence-corrected chi connectivity index (χ0v) is 10.9. The van der Waals surface area contributed by atoms with Crippen molar-refractivity contribution in [3.63, 3.8) is 0 Å². The zero-order chi connectivity index (χ0) is 11.7. The van der Waals surface area contributed by atoms with Crippen LogP contribution in [0.2, 0.25) is 0 Å². The standard InChI is InChI=1S/C13H17NO2.ClH/c1-8(2)16-13-10-6-4-3-5-9(10)7-11(14)12(13)15;/h3-6,8,11,13H,7,14H2,1-2H3;1H. The van der Waals surface area contributed by atoms with Crippen LogP contribution < -0.4 is 5.73 Å². The number of ketones is 1. The van der Waals surface area contributed by atoms with Gasteiger partial charge >= 0.3 is 0 Å². The van der Waals surface area contributed by atoms with E-state index in [0.29, 0.717) is 6.42 Å². The molecule has 0 aliphatic heterocycles. The monoisotopic (exact) mass is 255 g/mol. The van der Waals surface area contributed by atoms with Gasteiger partial charge < -0.3 is 10.5 Å². The Hall–Kier alpha value is -0.900. The van der Waals surface area contributed by atoms with Crippen LogP contribution in [0.3, 0.4) is 0 Å². The minimum atomic E-state index is -0.486. The van der Waals surface area contributed by atoms with Gasteiger partial charge in [-0.05, 0) is 31.4 Å². The lowest BCUT2D eigenvalue weighted by atomic mass is 9.85. The fourth-order valence-corrected chi connectivity index (χ4v) is 2.07. The van der Waals surface area contributed by atoms with E-state index in [9.17, 15) is 4.79 Å². The Morgan fingerprint density at radius 3 is 2.65 bits per heavy atom. The van der Waals surface area contributed by atoms with Gasteiger partial charge in [-0.3, -0.25) is 4.79 Å². The predicted molar refractivity (Wildman–Crippen MR) is 69.3 cm³/mol. The Kier molecular flexibility index (Phi) is 4.69. The quantitative estimate of drug-likeness (QED) is 0.880. The van der Waals surface area contributed by atoms with E-state index in [-0.39, 0.29) is 24.3 Å². The van der Waals surface area contributed by atoms with E-state index >= 15 is 0 Å². The summed E-state index contributed by atoms with van der Waals surface area (Å²) in [4.78, 5) is 12.0. The molecule has 2 atom stereocenters. The molecule has 1 aromatic rings. The molecule has 2 unspecified atom stereocenters. The molecule has 17 heavy (non-hydrogen) atoms. The molecular weight excluding hydrogens is 238 g/mol. The predicted octanol–water partition coefficient (Wildman–Crippen LogP) is 2.03. The number of fused-ring (bicyclic) bond motifs is 1. The number of hydrogen-bond acceptors (Lipinski definition) is 3. The molecule has 0 amide bonds. The molecule has 0 radical (unpaired) electrons. The van der Waals surface area contributed by atoms with Crippen LogP contribution in [0.15, 0.2) is 24.3 Å². The summed E-state index contributed by atoms with van der Waals surface area (Å²) in [5.74, 6) is -0.00704. The van der Waals surface area contributed by atoms with Crippen molar-refractivity contribution in [1.82, 2.24) is 0 Å². The first-order valence-corrected chi connectivity index (χ1v) is 5.62. The highest BCUT2D eigenvalue weighted by Crippen LogP contribution is 2.30. The first-order valence-electron chi connectivity index (χ1n) is 5.62. The van der Waals surface area contributed by atoms with Crippen LogP contribution in [0.5, 0.6) is 0 Å². The van der Waals surface area contributed by atoms with Gasteiger partial charge in [0.15, 0.2) is 5.78 Å². The SMILES string of the molecule is CC(C)OC1C(=O)C(N)Cc2ccccc21.Cl. The molecule has 0 spiro atoms. The van der Waals surface area contributed by atoms with E-state index in [2.05, 4.69) is 0 Å². The largest absolute Gasteiger partial charge is 0.363 e. The molecule has 94 valence electrons. The molecule has 0 aromatic heterocycles.